The Kier molecular flexibility index (Phi) is 8.91. The van der Waals surface area contributed by atoms with E-state index >= 15 is 0 Å². The average Bonchev–Trinajstić information content (AvgIpc) is 3.65. The van der Waals surface area contributed by atoms with E-state index in [9.17, 15) is 8.42 Å². The molecule has 1 aromatic heterocycles. The van der Waals surface area contributed by atoms with Crippen LogP contribution in [0.2, 0.25) is 0 Å². The fourth-order valence-electron chi connectivity index (χ4n) is 2.98. The Morgan fingerprint density at radius 3 is 2.27 bits per heavy atom. The predicted molar refractivity (Wildman–Crippen MR) is 123 cm³/mol. The molecule has 1 heterocycles. The van der Waals surface area contributed by atoms with Crippen LogP contribution < -0.4 is 70.3 Å². The molecule has 2 aromatic carbocycles. The van der Waals surface area contributed by atoms with E-state index in [0.717, 1.165) is 23.8 Å². The quantitative estimate of drug-likeness (QED) is 0.453. The average molecular weight is 494 g/mol. The van der Waals surface area contributed by atoms with Crippen LogP contribution >= 0.6 is 0 Å². The summed E-state index contributed by atoms with van der Waals surface area (Å²) in [5, 5.41) is 1.08. The molecule has 33 heavy (non-hydrogen) atoms. The van der Waals surface area contributed by atoms with Gasteiger partial charge in [-0.25, -0.2) is 13.4 Å². The van der Waals surface area contributed by atoms with Gasteiger partial charge in [-0.3, -0.25) is 4.72 Å². The number of hydrogen-bond donors (Lipinski definition) is 1. The van der Waals surface area contributed by atoms with E-state index in [1.807, 2.05) is 18.2 Å². The summed E-state index contributed by atoms with van der Waals surface area (Å²) in [5.74, 6) is 1.72. The Morgan fingerprint density at radius 1 is 0.970 bits per heavy atom. The van der Waals surface area contributed by atoms with E-state index < -0.39 is 10.0 Å². The van der Waals surface area contributed by atoms with Crippen LogP contribution in [0.1, 0.15) is 31.6 Å². The maximum Gasteiger partial charge on any atom is 1.00 e. The number of aromatic nitrogens is 2. The van der Waals surface area contributed by atoms with Crippen molar-refractivity contribution >= 4 is 21.9 Å². The van der Waals surface area contributed by atoms with E-state index in [0.29, 0.717) is 17.3 Å². The van der Waals surface area contributed by atoms with Gasteiger partial charge in [0, 0.05) is 5.92 Å². The second-order valence-corrected chi connectivity index (χ2v) is 8.72. The minimum absolute atomic E-state index is 0. The van der Waals surface area contributed by atoms with Crippen LogP contribution in [-0.4, -0.2) is 32.6 Å². The first-order valence-electron chi connectivity index (χ1n) is 10.0. The van der Waals surface area contributed by atoms with E-state index in [2.05, 4.69) is 14.7 Å². The Balaban J connectivity index is 0.00000204. The van der Waals surface area contributed by atoms with Crippen LogP contribution in [0.4, 0.5) is 5.82 Å². The molecule has 1 aliphatic carbocycles. The monoisotopic (exact) mass is 493 g/mol. The van der Waals surface area contributed by atoms with Crippen LogP contribution in [0.25, 0.3) is 6.08 Å². The van der Waals surface area contributed by atoms with Gasteiger partial charge in [0.1, 0.15) is 5.82 Å². The summed E-state index contributed by atoms with van der Waals surface area (Å²) >= 11 is 0. The second-order valence-electron chi connectivity index (χ2n) is 7.16. The van der Waals surface area contributed by atoms with Crippen molar-refractivity contribution in [2.75, 3.05) is 18.9 Å². The molecule has 1 saturated carbocycles. The molecule has 0 radical (unpaired) electrons. The number of hydrogen-bond acceptors (Lipinski definition) is 7. The molecular weight excluding hydrogens is 469 g/mol. The van der Waals surface area contributed by atoms with Crippen molar-refractivity contribution in [1.82, 2.24) is 9.97 Å². The van der Waals surface area contributed by atoms with Crippen LogP contribution in [0.15, 0.2) is 60.0 Å². The van der Waals surface area contributed by atoms with Gasteiger partial charge in [0.25, 0.3) is 15.9 Å². The summed E-state index contributed by atoms with van der Waals surface area (Å²) in [6.07, 6.45) is 3.38. The number of methoxy groups -OCH3 is 2. The summed E-state index contributed by atoms with van der Waals surface area (Å²) in [7, 11) is -0.934. The normalized spacial score (nSPS) is 13.3. The van der Waals surface area contributed by atoms with Crippen molar-refractivity contribution in [1.29, 1.82) is 0 Å². The Labute approximate surface area is 237 Å². The smallest absolute Gasteiger partial charge is 1.00 e. The summed E-state index contributed by atoms with van der Waals surface area (Å²) < 4.78 is 44.9. The topological polar surface area (TPSA) is 99.6 Å². The number of nitrogens with one attached hydrogen (secondary N) is 1. The molecule has 10 heteroatoms. The maximum atomic E-state index is 12.8. The molecule has 4 rings (SSSR count). The van der Waals surface area contributed by atoms with Gasteiger partial charge in [0.2, 0.25) is 5.75 Å². The molecule has 0 aliphatic heterocycles. The third-order valence-corrected chi connectivity index (χ3v) is 5.72. The number of sulfonamides is 1. The number of benzene rings is 2. The zero-order valence-electron chi connectivity index (χ0n) is 19.7. The van der Waals surface area contributed by atoms with Crippen LogP contribution in [0, 0.1) is 0 Å². The largest absolute Gasteiger partial charge is 1.00 e. The van der Waals surface area contributed by atoms with Gasteiger partial charge in [-0.2, -0.15) is 4.98 Å². The summed E-state index contributed by atoms with van der Waals surface area (Å²) in [5.41, 5.74) is 0.752. The van der Waals surface area contributed by atoms with Gasteiger partial charge in [-0.15, -0.1) is 0 Å². The zero-order valence-corrected chi connectivity index (χ0v) is 22.6. The molecule has 8 nitrogen and oxygen atoms in total. The van der Waals surface area contributed by atoms with Gasteiger partial charge >= 0.3 is 51.4 Å². The SMILES string of the molecule is COc1ccccc1Oc1c(NS(=O)(=O)C=Cc2ccccc2)nc(C2CC2)nc1OC.[H-].[K+]. The molecule has 0 saturated heterocycles. The first-order chi connectivity index (χ1) is 15.5. The molecular formula is C23H24KN3O5S. The minimum atomic E-state index is -3.90. The first-order valence-corrected chi connectivity index (χ1v) is 11.6. The van der Waals surface area contributed by atoms with Gasteiger partial charge in [0.05, 0.1) is 19.6 Å². The van der Waals surface area contributed by atoms with E-state index in [1.54, 1.807) is 36.4 Å². The van der Waals surface area contributed by atoms with E-state index in [-0.39, 0.29) is 76.2 Å². The first kappa shape index (κ1) is 25.7. The molecule has 1 N–H and O–H groups in total. The Hall–Kier alpha value is -1.95. The van der Waals surface area contributed by atoms with Gasteiger partial charge in [-0.05, 0) is 36.6 Å². The number of ether oxygens (including phenoxy) is 3. The van der Waals surface area contributed by atoms with Crippen molar-refractivity contribution in [3.63, 3.8) is 0 Å². The van der Waals surface area contributed by atoms with Gasteiger partial charge in [0.15, 0.2) is 17.3 Å². The fraction of sp³-hybridized carbons (Fsp3) is 0.217. The van der Waals surface area contributed by atoms with Crippen molar-refractivity contribution in [3.05, 3.63) is 71.4 Å². The van der Waals surface area contributed by atoms with Crippen LogP contribution in [0.3, 0.4) is 0 Å². The molecule has 1 aliphatic rings. The Bertz CT molecular complexity index is 1240. The molecule has 0 amide bonds. The third kappa shape index (κ3) is 6.78. The van der Waals surface area contributed by atoms with E-state index in [1.165, 1.54) is 20.3 Å². The van der Waals surface area contributed by atoms with Gasteiger partial charge in [-0.1, -0.05) is 42.5 Å². The van der Waals surface area contributed by atoms with Gasteiger partial charge < -0.3 is 15.6 Å². The van der Waals surface area contributed by atoms with Crippen molar-refractivity contribution in [2.45, 2.75) is 18.8 Å². The fourth-order valence-corrected chi connectivity index (χ4v) is 3.80. The molecule has 3 aromatic rings. The third-order valence-electron chi connectivity index (χ3n) is 4.75. The summed E-state index contributed by atoms with van der Waals surface area (Å²) in [6.45, 7) is 0. The number of rotatable bonds is 9. The van der Waals surface area contributed by atoms with Crippen LogP contribution in [0.5, 0.6) is 23.1 Å². The molecule has 0 unspecified atom stereocenters. The van der Waals surface area contributed by atoms with Crippen molar-refractivity contribution < 1.29 is 75.4 Å². The second kappa shape index (κ2) is 11.5. The molecule has 0 bridgehead atoms. The minimum Gasteiger partial charge on any atom is -1.00 e. The Morgan fingerprint density at radius 2 is 1.64 bits per heavy atom. The number of nitrogens with zero attached hydrogens (tertiary/aromatic N) is 2. The molecule has 0 spiro atoms. The number of para-hydroxylation sites is 2. The molecule has 168 valence electrons. The summed E-state index contributed by atoms with van der Waals surface area (Å²) in [6, 6.07) is 16.1. The predicted octanol–water partition coefficient (Wildman–Crippen LogP) is 1.69. The van der Waals surface area contributed by atoms with Crippen LogP contribution in [-0.2, 0) is 10.0 Å². The molecule has 1 fully saturated rings. The molecule has 0 atom stereocenters. The van der Waals surface area contributed by atoms with Crippen molar-refractivity contribution in [2.24, 2.45) is 0 Å². The number of anilines is 1. The summed E-state index contributed by atoms with van der Waals surface area (Å²) in [4.78, 5) is 8.89. The maximum absolute atomic E-state index is 12.8. The standard InChI is InChI=1S/C23H23N3O5S.K.H/c1-29-18-10-6-7-11-19(18)31-20-22(24-21(17-12-13-17)25-23(20)30-2)26-32(27,28)15-14-16-8-4-3-5-9-16;;/h3-11,14-15,17H,12-13H2,1-2H3,(H,24,25,26);;/q;+1;-1. The zero-order chi connectivity index (χ0) is 22.6. The van der Waals surface area contributed by atoms with E-state index in [4.69, 9.17) is 14.2 Å². The van der Waals surface area contributed by atoms with Crippen molar-refractivity contribution in [3.8, 4) is 23.1 Å².